The number of rotatable bonds is 10. The van der Waals surface area contributed by atoms with Gasteiger partial charge in [-0.1, -0.05) is 30.3 Å². The normalized spacial score (nSPS) is 22.1. The zero-order valence-electron chi connectivity index (χ0n) is 18.3. The molecule has 2 unspecified atom stereocenters. The van der Waals surface area contributed by atoms with Crippen LogP contribution in [-0.4, -0.2) is 81.3 Å². The average molecular weight is 402 g/mol. The summed E-state index contributed by atoms with van der Waals surface area (Å²) >= 11 is 0. The maximum atomic E-state index is 5.27. The lowest BCUT2D eigenvalue weighted by Gasteiger charge is -2.27. The van der Waals surface area contributed by atoms with Crippen LogP contribution < -0.4 is 10.6 Å². The minimum Gasteiger partial charge on any atom is -0.383 e. The number of ether oxygens (including phenoxy) is 1. The average Bonchev–Trinajstić information content (AvgIpc) is 3.43. The molecule has 0 aromatic heterocycles. The Kier molecular flexibility index (Phi) is 9.25. The van der Waals surface area contributed by atoms with Gasteiger partial charge in [0.25, 0.3) is 0 Å². The summed E-state index contributed by atoms with van der Waals surface area (Å²) in [4.78, 5) is 10.1. The highest BCUT2D eigenvalue weighted by molar-refractivity contribution is 5.79. The van der Waals surface area contributed by atoms with E-state index in [4.69, 9.17) is 9.73 Å². The van der Waals surface area contributed by atoms with E-state index in [-0.39, 0.29) is 0 Å². The zero-order chi connectivity index (χ0) is 20.3. The fourth-order valence-corrected chi connectivity index (χ4v) is 4.52. The van der Waals surface area contributed by atoms with Gasteiger partial charge in [0.15, 0.2) is 5.96 Å². The molecule has 1 aromatic carbocycles. The van der Waals surface area contributed by atoms with Gasteiger partial charge in [0, 0.05) is 32.8 Å². The van der Waals surface area contributed by atoms with Crippen molar-refractivity contribution < 1.29 is 4.74 Å². The molecule has 162 valence electrons. The van der Waals surface area contributed by atoms with Crippen molar-refractivity contribution in [2.75, 3.05) is 59.5 Å². The Morgan fingerprint density at radius 2 is 1.93 bits per heavy atom. The lowest BCUT2D eigenvalue weighted by atomic mass is 10.1. The van der Waals surface area contributed by atoms with E-state index in [0.717, 1.165) is 38.7 Å². The zero-order valence-corrected chi connectivity index (χ0v) is 18.3. The van der Waals surface area contributed by atoms with Crippen LogP contribution in [0.15, 0.2) is 35.3 Å². The number of aliphatic imine (C=N–C) groups is 1. The van der Waals surface area contributed by atoms with E-state index in [1.54, 1.807) is 7.11 Å². The van der Waals surface area contributed by atoms with Gasteiger partial charge >= 0.3 is 0 Å². The first-order valence-corrected chi connectivity index (χ1v) is 11.4. The minimum absolute atomic E-state index is 0.360. The molecule has 1 aromatic rings. The number of guanidine groups is 1. The van der Waals surface area contributed by atoms with Crippen LogP contribution in [0, 0.1) is 0 Å². The first kappa shape index (κ1) is 22.1. The molecule has 0 bridgehead atoms. The Labute approximate surface area is 176 Å². The minimum atomic E-state index is 0.360. The lowest BCUT2D eigenvalue weighted by molar-refractivity contribution is 0.141. The summed E-state index contributed by atoms with van der Waals surface area (Å²) in [5.74, 6) is 0.936. The van der Waals surface area contributed by atoms with Crippen molar-refractivity contribution >= 4 is 5.96 Å². The van der Waals surface area contributed by atoms with Gasteiger partial charge < -0.3 is 15.4 Å². The highest BCUT2D eigenvalue weighted by Crippen LogP contribution is 2.25. The topological polar surface area (TPSA) is 52.1 Å². The van der Waals surface area contributed by atoms with Gasteiger partial charge in [-0.05, 0) is 57.8 Å². The molecule has 2 fully saturated rings. The van der Waals surface area contributed by atoms with Crippen molar-refractivity contribution in [3.05, 3.63) is 35.9 Å². The van der Waals surface area contributed by atoms with E-state index in [9.17, 15) is 0 Å². The van der Waals surface area contributed by atoms with E-state index in [0.29, 0.717) is 12.1 Å². The third-order valence-electron chi connectivity index (χ3n) is 6.12. The van der Waals surface area contributed by atoms with E-state index in [2.05, 4.69) is 57.7 Å². The second-order valence-electron chi connectivity index (χ2n) is 8.09. The molecule has 3 rings (SSSR count). The van der Waals surface area contributed by atoms with Crippen molar-refractivity contribution in [3.8, 4) is 0 Å². The summed E-state index contributed by atoms with van der Waals surface area (Å²) in [7, 11) is 1.78. The number of hydrogen-bond donors (Lipinski definition) is 2. The monoisotopic (exact) mass is 401 g/mol. The third kappa shape index (κ3) is 6.69. The van der Waals surface area contributed by atoms with Crippen molar-refractivity contribution in [1.29, 1.82) is 0 Å². The molecular weight excluding hydrogens is 362 g/mol. The summed E-state index contributed by atoms with van der Waals surface area (Å²) in [5.41, 5.74) is 1.37. The van der Waals surface area contributed by atoms with E-state index >= 15 is 0 Å². The molecular formula is C23H39N5O. The van der Waals surface area contributed by atoms with Crippen LogP contribution in [0.1, 0.15) is 44.2 Å². The lowest BCUT2D eigenvalue weighted by Crippen LogP contribution is -2.45. The Morgan fingerprint density at radius 3 is 2.66 bits per heavy atom. The van der Waals surface area contributed by atoms with Gasteiger partial charge in [0.2, 0.25) is 0 Å². The summed E-state index contributed by atoms with van der Waals surface area (Å²) in [6.07, 6.45) is 5.11. The Morgan fingerprint density at radius 1 is 1.14 bits per heavy atom. The molecule has 0 saturated carbocycles. The number of nitrogens with one attached hydrogen (secondary N) is 2. The molecule has 29 heavy (non-hydrogen) atoms. The van der Waals surface area contributed by atoms with E-state index in [1.165, 1.54) is 50.9 Å². The smallest absolute Gasteiger partial charge is 0.191 e. The fourth-order valence-electron chi connectivity index (χ4n) is 4.52. The van der Waals surface area contributed by atoms with E-state index in [1.807, 2.05) is 0 Å². The second-order valence-corrected chi connectivity index (χ2v) is 8.09. The van der Waals surface area contributed by atoms with Crippen LogP contribution in [0.4, 0.5) is 0 Å². The van der Waals surface area contributed by atoms with Crippen molar-refractivity contribution in [3.63, 3.8) is 0 Å². The summed E-state index contributed by atoms with van der Waals surface area (Å²) in [6.45, 7) is 10.1. The standard InChI is InChI=1S/C23H39N5O/c1-3-24-23(25-18-21-12-9-15-27(21)16-17-29-2)26-19-22(28-13-7-8-14-28)20-10-5-4-6-11-20/h4-6,10-11,21-22H,3,7-9,12-19H2,1-2H3,(H2,24,25,26). The van der Waals surface area contributed by atoms with Crippen LogP contribution in [0.2, 0.25) is 0 Å². The van der Waals surface area contributed by atoms with Gasteiger partial charge in [-0.15, -0.1) is 0 Å². The van der Waals surface area contributed by atoms with Crippen molar-refractivity contribution in [2.24, 2.45) is 4.99 Å². The maximum absolute atomic E-state index is 5.27. The number of methoxy groups -OCH3 is 1. The Bertz CT molecular complexity index is 603. The van der Waals surface area contributed by atoms with Gasteiger partial charge in [-0.2, -0.15) is 0 Å². The summed E-state index contributed by atoms with van der Waals surface area (Å²) in [6, 6.07) is 11.8. The van der Waals surface area contributed by atoms with Crippen LogP contribution in [0.5, 0.6) is 0 Å². The van der Waals surface area contributed by atoms with Gasteiger partial charge in [0.05, 0.1) is 19.2 Å². The molecule has 0 radical (unpaired) electrons. The predicted octanol–water partition coefficient (Wildman–Crippen LogP) is 2.49. The molecule has 2 aliphatic rings. The van der Waals surface area contributed by atoms with Gasteiger partial charge in [0.1, 0.15) is 0 Å². The van der Waals surface area contributed by atoms with Crippen molar-refractivity contribution in [2.45, 2.75) is 44.7 Å². The molecule has 6 heteroatoms. The molecule has 0 spiro atoms. The molecule has 2 aliphatic heterocycles. The molecule has 0 aliphatic carbocycles. The van der Waals surface area contributed by atoms with Crippen LogP contribution in [0.3, 0.4) is 0 Å². The number of hydrogen-bond acceptors (Lipinski definition) is 4. The third-order valence-corrected chi connectivity index (χ3v) is 6.12. The van der Waals surface area contributed by atoms with Gasteiger partial charge in [-0.25, -0.2) is 0 Å². The SMILES string of the molecule is CCNC(=NCC(c1ccccc1)N1CCCC1)NCC1CCCN1CCOC. The van der Waals surface area contributed by atoms with Crippen LogP contribution in [0.25, 0.3) is 0 Å². The first-order valence-electron chi connectivity index (χ1n) is 11.4. The highest BCUT2D eigenvalue weighted by atomic mass is 16.5. The fraction of sp³-hybridized carbons (Fsp3) is 0.696. The summed E-state index contributed by atoms with van der Waals surface area (Å²) in [5, 5.41) is 7.04. The number of likely N-dealkylation sites (tertiary alicyclic amines) is 2. The number of benzene rings is 1. The molecule has 2 heterocycles. The molecule has 2 atom stereocenters. The second kappa shape index (κ2) is 12.2. The largest absolute Gasteiger partial charge is 0.383 e. The number of nitrogens with zero attached hydrogens (tertiary/aromatic N) is 3. The molecule has 2 N–H and O–H groups in total. The molecule has 2 saturated heterocycles. The molecule has 0 amide bonds. The maximum Gasteiger partial charge on any atom is 0.191 e. The van der Waals surface area contributed by atoms with Crippen LogP contribution in [-0.2, 0) is 4.74 Å². The van der Waals surface area contributed by atoms with E-state index < -0.39 is 0 Å². The summed E-state index contributed by atoms with van der Waals surface area (Å²) < 4.78 is 5.27. The quantitative estimate of drug-likeness (QED) is 0.466. The molecule has 6 nitrogen and oxygen atoms in total. The van der Waals surface area contributed by atoms with Crippen molar-refractivity contribution in [1.82, 2.24) is 20.4 Å². The predicted molar refractivity (Wildman–Crippen MR) is 120 cm³/mol. The Balaban J connectivity index is 1.60. The van der Waals surface area contributed by atoms with Crippen LogP contribution >= 0.6 is 0 Å². The van der Waals surface area contributed by atoms with Gasteiger partial charge in [-0.3, -0.25) is 14.8 Å². The Hall–Kier alpha value is -1.63. The first-order chi connectivity index (χ1) is 14.3. The highest BCUT2D eigenvalue weighted by Gasteiger charge is 2.25.